The molecule has 1 amide bonds. The molecule has 0 spiro atoms. The van der Waals surface area contributed by atoms with Crippen LogP contribution in [0.2, 0.25) is 0 Å². The molecule has 3 aromatic carbocycles. The van der Waals surface area contributed by atoms with Gasteiger partial charge in [-0.25, -0.2) is 4.79 Å². The molecule has 1 saturated heterocycles. The Balaban J connectivity index is 1.33. The highest BCUT2D eigenvalue weighted by molar-refractivity contribution is 7.80. The number of nitrogens with zero attached hydrogens (tertiary/aromatic N) is 3. The van der Waals surface area contributed by atoms with Crippen molar-refractivity contribution in [3.8, 4) is 5.75 Å². The van der Waals surface area contributed by atoms with Gasteiger partial charge in [-0.3, -0.25) is 20.2 Å². The van der Waals surface area contributed by atoms with Crippen molar-refractivity contribution in [1.82, 2.24) is 10.2 Å². The Kier molecular flexibility index (Phi) is 9.06. The largest absolute Gasteiger partial charge is 0.489 e. The first-order valence-electron chi connectivity index (χ1n) is 12.4. The van der Waals surface area contributed by atoms with Gasteiger partial charge in [-0.05, 0) is 55.0 Å². The van der Waals surface area contributed by atoms with Crippen molar-refractivity contribution in [2.24, 2.45) is 0 Å². The quantitative estimate of drug-likeness (QED) is 0.192. The van der Waals surface area contributed by atoms with E-state index in [1.54, 1.807) is 37.3 Å². The second-order valence-corrected chi connectivity index (χ2v) is 9.10. The fourth-order valence-electron chi connectivity index (χ4n) is 4.15. The minimum absolute atomic E-state index is 0.129. The Morgan fingerprint density at radius 1 is 0.974 bits per heavy atom. The summed E-state index contributed by atoms with van der Waals surface area (Å²) in [5.41, 5.74) is 1.81. The molecule has 0 saturated carbocycles. The van der Waals surface area contributed by atoms with Crippen LogP contribution >= 0.6 is 12.2 Å². The van der Waals surface area contributed by atoms with E-state index in [1.165, 1.54) is 12.1 Å². The average molecular weight is 549 g/mol. The standard InChI is InChI=1S/C28H28N4O6S/c1-2-37-27(34)22-11-12-24(25(18-22)32(35)36)30-13-15-31(16-14-30)28(39)29-26(33)21-9-6-10-23(17-21)38-19-20-7-4-3-5-8-20/h3-12,17-18H,2,13-16,19H2,1H3,(H,29,33,39). The van der Waals surface area contributed by atoms with Crippen molar-refractivity contribution >= 4 is 40.6 Å². The lowest BCUT2D eigenvalue weighted by molar-refractivity contribution is -0.384. The molecule has 1 heterocycles. The van der Waals surface area contributed by atoms with Crippen LogP contribution in [0.1, 0.15) is 33.2 Å². The van der Waals surface area contributed by atoms with E-state index >= 15 is 0 Å². The van der Waals surface area contributed by atoms with Crippen molar-refractivity contribution in [3.63, 3.8) is 0 Å². The third kappa shape index (κ3) is 7.08. The van der Waals surface area contributed by atoms with Crippen LogP contribution in [-0.2, 0) is 11.3 Å². The number of nitro groups is 1. The second kappa shape index (κ2) is 12.8. The van der Waals surface area contributed by atoms with E-state index in [0.717, 1.165) is 5.56 Å². The number of hydrogen-bond donors (Lipinski definition) is 1. The summed E-state index contributed by atoms with van der Waals surface area (Å²) in [7, 11) is 0. The van der Waals surface area contributed by atoms with Crippen molar-refractivity contribution in [1.29, 1.82) is 0 Å². The van der Waals surface area contributed by atoms with Crippen LogP contribution in [0, 0.1) is 10.1 Å². The van der Waals surface area contributed by atoms with Crippen molar-refractivity contribution in [2.75, 3.05) is 37.7 Å². The number of carbonyl (C=O) groups excluding carboxylic acids is 2. The summed E-state index contributed by atoms with van der Waals surface area (Å²) in [6.45, 7) is 4.04. The Hall–Kier alpha value is -4.51. The van der Waals surface area contributed by atoms with Gasteiger partial charge < -0.3 is 19.3 Å². The summed E-state index contributed by atoms with van der Waals surface area (Å²) in [6.07, 6.45) is 0. The minimum Gasteiger partial charge on any atom is -0.489 e. The Bertz CT molecular complexity index is 1360. The van der Waals surface area contributed by atoms with Gasteiger partial charge in [-0.2, -0.15) is 0 Å². The number of amides is 1. The first-order chi connectivity index (χ1) is 18.9. The molecule has 10 nitrogen and oxygen atoms in total. The number of benzene rings is 3. The number of nitrogens with one attached hydrogen (secondary N) is 1. The second-order valence-electron chi connectivity index (χ2n) is 8.72. The zero-order chi connectivity index (χ0) is 27.8. The molecular formula is C28H28N4O6S. The summed E-state index contributed by atoms with van der Waals surface area (Å²) in [5, 5.41) is 14.7. The fraction of sp³-hybridized carbons (Fsp3) is 0.250. The van der Waals surface area contributed by atoms with E-state index in [1.807, 2.05) is 40.1 Å². The summed E-state index contributed by atoms with van der Waals surface area (Å²) in [4.78, 5) is 39.8. The van der Waals surface area contributed by atoms with E-state index in [4.69, 9.17) is 21.7 Å². The Morgan fingerprint density at radius 3 is 2.41 bits per heavy atom. The third-order valence-corrected chi connectivity index (χ3v) is 6.52. The van der Waals surface area contributed by atoms with Gasteiger partial charge in [0.25, 0.3) is 11.6 Å². The zero-order valence-electron chi connectivity index (χ0n) is 21.4. The number of nitro benzene ring substituents is 1. The van der Waals surface area contributed by atoms with E-state index in [0.29, 0.717) is 49.8 Å². The van der Waals surface area contributed by atoms with Gasteiger partial charge in [0.15, 0.2) is 5.11 Å². The highest BCUT2D eigenvalue weighted by Gasteiger charge is 2.26. The highest BCUT2D eigenvalue weighted by Crippen LogP contribution is 2.30. The molecule has 0 bridgehead atoms. The molecule has 11 heteroatoms. The number of piperazine rings is 1. The predicted molar refractivity (Wildman–Crippen MR) is 150 cm³/mol. The monoisotopic (exact) mass is 548 g/mol. The number of rotatable bonds is 8. The molecule has 1 aliphatic rings. The maximum absolute atomic E-state index is 12.9. The summed E-state index contributed by atoms with van der Waals surface area (Å²) < 4.78 is 10.8. The molecule has 0 aliphatic carbocycles. The van der Waals surface area contributed by atoms with E-state index < -0.39 is 10.9 Å². The molecule has 1 fully saturated rings. The van der Waals surface area contributed by atoms with Crippen molar-refractivity contribution < 1.29 is 24.0 Å². The van der Waals surface area contributed by atoms with Crippen LogP contribution < -0.4 is 15.0 Å². The van der Waals surface area contributed by atoms with Gasteiger partial charge in [0.2, 0.25) is 0 Å². The summed E-state index contributed by atoms with van der Waals surface area (Å²) in [6, 6.07) is 20.9. The minimum atomic E-state index is -0.605. The van der Waals surface area contributed by atoms with Gasteiger partial charge in [-0.1, -0.05) is 36.4 Å². The zero-order valence-corrected chi connectivity index (χ0v) is 22.2. The number of esters is 1. The van der Waals surface area contributed by atoms with Crippen LogP contribution in [0.4, 0.5) is 11.4 Å². The molecule has 1 N–H and O–H groups in total. The first-order valence-corrected chi connectivity index (χ1v) is 12.8. The molecule has 202 valence electrons. The van der Waals surface area contributed by atoms with Crippen LogP contribution in [0.25, 0.3) is 0 Å². The first kappa shape index (κ1) is 27.5. The van der Waals surface area contributed by atoms with Gasteiger partial charge in [0, 0.05) is 37.8 Å². The van der Waals surface area contributed by atoms with Crippen molar-refractivity contribution in [2.45, 2.75) is 13.5 Å². The van der Waals surface area contributed by atoms with Gasteiger partial charge in [0.1, 0.15) is 18.0 Å². The summed E-state index contributed by atoms with van der Waals surface area (Å²) >= 11 is 5.48. The lowest BCUT2D eigenvalue weighted by atomic mass is 10.1. The van der Waals surface area contributed by atoms with Crippen LogP contribution in [0.5, 0.6) is 5.75 Å². The lowest BCUT2D eigenvalue weighted by Gasteiger charge is -2.37. The Labute approximate surface area is 231 Å². The SMILES string of the molecule is CCOC(=O)c1ccc(N2CCN(C(=S)NC(=O)c3cccc(OCc4ccccc4)c3)CC2)c([N+](=O)[O-])c1. The number of ether oxygens (including phenoxy) is 2. The average Bonchev–Trinajstić information content (AvgIpc) is 2.96. The van der Waals surface area contributed by atoms with E-state index in [-0.39, 0.29) is 28.9 Å². The highest BCUT2D eigenvalue weighted by atomic mass is 32.1. The molecular weight excluding hydrogens is 520 g/mol. The maximum Gasteiger partial charge on any atom is 0.338 e. The van der Waals surface area contributed by atoms with Gasteiger partial charge >= 0.3 is 5.97 Å². The van der Waals surface area contributed by atoms with E-state index in [2.05, 4.69) is 5.32 Å². The normalized spacial score (nSPS) is 12.9. The molecule has 0 radical (unpaired) electrons. The lowest BCUT2D eigenvalue weighted by Crippen LogP contribution is -2.52. The maximum atomic E-state index is 12.9. The molecule has 1 aliphatic heterocycles. The molecule has 4 rings (SSSR count). The number of thiocarbonyl (C=S) groups is 1. The van der Waals surface area contributed by atoms with Crippen LogP contribution in [0.15, 0.2) is 72.8 Å². The molecule has 0 atom stereocenters. The van der Waals surface area contributed by atoms with Gasteiger partial charge in [-0.15, -0.1) is 0 Å². The number of anilines is 1. The Morgan fingerprint density at radius 2 is 1.72 bits per heavy atom. The van der Waals surface area contributed by atoms with Crippen LogP contribution in [-0.4, -0.2) is 59.6 Å². The molecule has 0 aromatic heterocycles. The number of carbonyl (C=O) groups is 2. The van der Waals surface area contributed by atoms with E-state index in [9.17, 15) is 19.7 Å². The van der Waals surface area contributed by atoms with Crippen LogP contribution in [0.3, 0.4) is 0 Å². The molecule has 39 heavy (non-hydrogen) atoms. The predicted octanol–water partition coefficient (Wildman–Crippen LogP) is 4.19. The fourth-order valence-corrected chi connectivity index (χ4v) is 4.42. The molecule has 3 aromatic rings. The van der Waals surface area contributed by atoms with Crippen molar-refractivity contribution in [3.05, 3.63) is 99.6 Å². The number of hydrogen-bond acceptors (Lipinski definition) is 8. The smallest absolute Gasteiger partial charge is 0.338 e. The van der Waals surface area contributed by atoms with Gasteiger partial charge in [0.05, 0.1) is 17.1 Å². The summed E-state index contributed by atoms with van der Waals surface area (Å²) in [5.74, 6) is -0.384. The third-order valence-electron chi connectivity index (χ3n) is 6.16. The molecule has 0 unspecified atom stereocenters. The topological polar surface area (TPSA) is 114 Å².